The summed E-state index contributed by atoms with van der Waals surface area (Å²) in [6.45, 7) is 1.45. The minimum absolute atomic E-state index is 0.0383. The Hall–Kier alpha value is -2.33. The lowest BCUT2D eigenvalue weighted by atomic mass is 9.88. The van der Waals surface area contributed by atoms with E-state index >= 15 is 0 Å². The van der Waals surface area contributed by atoms with Crippen molar-refractivity contribution in [3.05, 3.63) is 65.8 Å². The number of rotatable bonds is 3. The average Bonchev–Trinajstić information content (AvgIpc) is 2.54. The summed E-state index contributed by atoms with van der Waals surface area (Å²) in [7, 11) is 2.05. The maximum absolute atomic E-state index is 12.7. The van der Waals surface area contributed by atoms with E-state index in [1.807, 2.05) is 49.5 Å². The fraction of sp³-hybridized carbons (Fsp3) is 0.278. The van der Waals surface area contributed by atoms with Gasteiger partial charge in [-0.15, -0.1) is 0 Å². The van der Waals surface area contributed by atoms with Crippen molar-refractivity contribution in [1.29, 1.82) is 0 Å². The molecule has 0 radical (unpaired) electrons. The quantitative estimate of drug-likeness (QED) is 0.814. The highest BCUT2D eigenvalue weighted by atomic mass is 16.1. The van der Waals surface area contributed by atoms with Crippen molar-refractivity contribution in [2.24, 2.45) is 5.92 Å². The second kappa shape index (κ2) is 6.62. The van der Waals surface area contributed by atoms with E-state index < -0.39 is 0 Å². The minimum Gasteiger partial charge on any atom is -0.301 e. The van der Waals surface area contributed by atoms with Crippen LogP contribution in [-0.2, 0) is 11.2 Å². The Kier molecular flexibility index (Phi) is 4.39. The van der Waals surface area contributed by atoms with Crippen molar-refractivity contribution in [2.45, 2.75) is 6.42 Å². The van der Waals surface area contributed by atoms with Gasteiger partial charge in [-0.25, -0.2) is 0 Å². The summed E-state index contributed by atoms with van der Waals surface area (Å²) in [6, 6.07) is 11.6. The van der Waals surface area contributed by atoms with E-state index in [2.05, 4.69) is 14.9 Å². The normalized spacial score (nSPS) is 21.2. The number of aromatic nitrogens is 2. The van der Waals surface area contributed by atoms with Crippen molar-refractivity contribution < 1.29 is 4.79 Å². The Morgan fingerprint density at radius 3 is 2.64 bits per heavy atom. The molecule has 22 heavy (non-hydrogen) atoms. The van der Waals surface area contributed by atoms with Gasteiger partial charge in [-0.05, 0) is 37.4 Å². The molecule has 3 rings (SSSR count). The van der Waals surface area contributed by atoms with Crippen molar-refractivity contribution >= 4 is 11.9 Å². The highest BCUT2D eigenvalue weighted by Crippen LogP contribution is 2.21. The van der Waals surface area contributed by atoms with Gasteiger partial charge in [-0.3, -0.25) is 14.8 Å². The Morgan fingerprint density at radius 1 is 1.18 bits per heavy atom. The van der Waals surface area contributed by atoms with Gasteiger partial charge in [0.2, 0.25) is 0 Å². The molecule has 0 spiro atoms. The molecule has 1 aliphatic heterocycles. The van der Waals surface area contributed by atoms with Crippen molar-refractivity contribution in [3.63, 3.8) is 0 Å². The summed E-state index contributed by atoms with van der Waals surface area (Å²) in [5.41, 5.74) is 2.62. The van der Waals surface area contributed by atoms with E-state index in [-0.39, 0.29) is 11.7 Å². The molecule has 2 aromatic rings. The van der Waals surface area contributed by atoms with Crippen molar-refractivity contribution in [2.75, 3.05) is 20.1 Å². The van der Waals surface area contributed by atoms with E-state index in [4.69, 9.17) is 0 Å². The van der Waals surface area contributed by atoms with Crippen LogP contribution >= 0.6 is 0 Å². The summed E-state index contributed by atoms with van der Waals surface area (Å²) < 4.78 is 0. The molecule has 0 N–H and O–H groups in total. The Morgan fingerprint density at radius 2 is 1.95 bits per heavy atom. The fourth-order valence-corrected chi connectivity index (χ4v) is 2.84. The molecule has 0 amide bonds. The standard InChI is InChI=1S/C18H19N3O/c1-21-12-14(10-16-6-2-4-8-19-16)18(22)15(13-21)11-17-7-3-5-9-20-17/h2-10,15H,11-13H2,1H3/b14-10+/t15-/m1/s1. The number of nitrogens with zero attached hydrogens (tertiary/aromatic N) is 3. The Labute approximate surface area is 130 Å². The molecule has 0 saturated carbocycles. The van der Waals surface area contributed by atoms with Gasteiger partial charge < -0.3 is 4.90 Å². The molecule has 1 fully saturated rings. The summed E-state index contributed by atoms with van der Waals surface area (Å²) in [4.78, 5) is 23.5. The molecule has 0 bridgehead atoms. The summed E-state index contributed by atoms with van der Waals surface area (Å²) in [6.07, 6.45) is 6.11. The number of hydrogen-bond acceptors (Lipinski definition) is 4. The molecule has 2 aromatic heterocycles. The molecule has 0 unspecified atom stereocenters. The van der Waals surface area contributed by atoms with Gasteiger partial charge in [0.1, 0.15) is 0 Å². The first-order valence-corrected chi connectivity index (χ1v) is 7.46. The van der Waals surface area contributed by atoms with E-state index in [0.717, 1.165) is 23.5 Å². The Balaban J connectivity index is 1.81. The molecule has 1 atom stereocenters. The van der Waals surface area contributed by atoms with Gasteiger partial charge in [-0.1, -0.05) is 12.1 Å². The molecule has 4 heteroatoms. The second-order valence-electron chi connectivity index (χ2n) is 5.71. The molecular formula is C18H19N3O. The molecule has 4 nitrogen and oxygen atoms in total. The molecule has 0 aromatic carbocycles. The number of likely N-dealkylation sites (N-methyl/N-ethyl adjacent to an activating group) is 1. The van der Waals surface area contributed by atoms with Crippen LogP contribution in [0.1, 0.15) is 11.4 Å². The van der Waals surface area contributed by atoms with Crippen LogP contribution in [0.2, 0.25) is 0 Å². The van der Waals surface area contributed by atoms with Crippen LogP contribution in [0.25, 0.3) is 6.08 Å². The number of hydrogen-bond donors (Lipinski definition) is 0. The first-order valence-electron chi connectivity index (χ1n) is 7.46. The van der Waals surface area contributed by atoms with Crippen LogP contribution in [0.15, 0.2) is 54.4 Å². The SMILES string of the molecule is CN1C/C(=C\c2ccccn2)C(=O)[C@H](Cc2ccccn2)C1. The van der Waals surface area contributed by atoms with Crippen LogP contribution in [0.5, 0.6) is 0 Å². The third-order valence-corrected chi connectivity index (χ3v) is 3.85. The minimum atomic E-state index is -0.0383. The number of pyridine rings is 2. The third kappa shape index (κ3) is 3.46. The number of ketones is 1. The van der Waals surface area contributed by atoms with Gasteiger partial charge in [0.05, 0.1) is 5.69 Å². The number of Topliss-reactive ketones (excluding diaryl/α,β-unsaturated/α-hetero) is 1. The summed E-state index contributed by atoms with van der Waals surface area (Å²) >= 11 is 0. The highest BCUT2D eigenvalue weighted by molar-refractivity contribution is 6.02. The van der Waals surface area contributed by atoms with Gasteiger partial charge in [-0.2, -0.15) is 0 Å². The molecular weight excluding hydrogens is 274 g/mol. The zero-order valence-electron chi connectivity index (χ0n) is 12.6. The molecule has 3 heterocycles. The third-order valence-electron chi connectivity index (χ3n) is 3.85. The highest BCUT2D eigenvalue weighted by Gasteiger charge is 2.29. The van der Waals surface area contributed by atoms with E-state index in [0.29, 0.717) is 13.0 Å². The van der Waals surface area contributed by atoms with Gasteiger partial charge in [0.15, 0.2) is 5.78 Å². The maximum Gasteiger partial charge on any atom is 0.164 e. The zero-order chi connectivity index (χ0) is 15.4. The van der Waals surface area contributed by atoms with Crippen molar-refractivity contribution in [3.8, 4) is 0 Å². The lowest BCUT2D eigenvalue weighted by molar-refractivity contribution is -0.121. The number of carbonyl (C=O) groups excluding carboxylic acids is 1. The number of likely N-dealkylation sites (tertiary alicyclic amines) is 1. The number of carbonyl (C=O) groups is 1. The van der Waals surface area contributed by atoms with Gasteiger partial charge >= 0.3 is 0 Å². The zero-order valence-corrected chi connectivity index (χ0v) is 12.6. The van der Waals surface area contributed by atoms with E-state index in [9.17, 15) is 4.79 Å². The Bertz CT molecular complexity index is 667. The maximum atomic E-state index is 12.7. The molecule has 1 saturated heterocycles. The monoisotopic (exact) mass is 293 g/mol. The van der Waals surface area contributed by atoms with Gasteiger partial charge in [0.25, 0.3) is 0 Å². The molecule has 1 aliphatic rings. The smallest absolute Gasteiger partial charge is 0.164 e. The van der Waals surface area contributed by atoms with E-state index in [1.54, 1.807) is 12.4 Å². The second-order valence-corrected chi connectivity index (χ2v) is 5.71. The van der Waals surface area contributed by atoms with Crippen LogP contribution in [0.3, 0.4) is 0 Å². The fourth-order valence-electron chi connectivity index (χ4n) is 2.84. The predicted molar refractivity (Wildman–Crippen MR) is 86.1 cm³/mol. The first kappa shape index (κ1) is 14.6. The van der Waals surface area contributed by atoms with Crippen LogP contribution in [0, 0.1) is 5.92 Å². The summed E-state index contributed by atoms with van der Waals surface area (Å²) in [5.74, 6) is 0.179. The molecule has 0 aliphatic carbocycles. The largest absolute Gasteiger partial charge is 0.301 e. The predicted octanol–water partition coefficient (Wildman–Crippen LogP) is 2.23. The van der Waals surface area contributed by atoms with Crippen LogP contribution in [-0.4, -0.2) is 40.8 Å². The van der Waals surface area contributed by atoms with Crippen molar-refractivity contribution in [1.82, 2.24) is 14.9 Å². The van der Waals surface area contributed by atoms with E-state index in [1.165, 1.54) is 0 Å². The summed E-state index contributed by atoms with van der Waals surface area (Å²) in [5, 5.41) is 0. The lowest BCUT2D eigenvalue weighted by Crippen LogP contribution is -2.41. The van der Waals surface area contributed by atoms with Crippen LogP contribution in [0.4, 0.5) is 0 Å². The van der Waals surface area contributed by atoms with Crippen LogP contribution < -0.4 is 0 Å². The number of piperidine rings is 1. The first-order chi connectivity index (χ1) is 10.7. The van der Waals surface area contributed by atoms with Gasteiger partial charge in [0, 0.05) is 49.1 Å². The topological polar surface area (TPSA) is 46.1 Å². The molecule has 112 valence electrons. The average molecular weight is 293 g/mol. The lowest BCUT2D eigenvalue weighted by Gasteiger charge is -2.30.